The maximum atomic E-state index is 11.1. The van der Waals surface area contributed by atoms with E-state index in [1.807, 2.05) is 18.2 Å². The van der Waals surface area contributed by atoms with Crippen molar-refractivity contribution in [3.63, 3.8) is 0 Å². The molecule has 0 atom stereocenters. The Hall–Kier alpha value is -3.49. The second kappa shape index (κ2) is 13.4. The van der Waals surface area contributed by atoms with Crippen molar-refractivity contribution in [1.82, 2.24) is 0 Å². The van der Waals surface area contributed by atoms with Crippen LogP contribution in [0.25, 0.3) is 0 Å². The molecular weight excluding hydrogens is 560 g/mol. The first-order chi connectivity index (χ1) is 20.3. The highest BCUT2D eigenvalue weighted by Crippen LogP contribution is 2.47. The van der Waals surface area contributed by atoms with Crippen LogP contribution in [-0.4, -0.2) is 53.2 Å². The summed E-state index contributed by atoms with van der Waals surface area (Å²) >= 11 is 0. The molecule has 1 N–H and O–H groups in total. The number of nitrogens with zero attached hydrogens (tertiary/aromatic N) is 2. The van der Waals surface area contributed by atoms with Gasteiger partial charge in [0.1, 0.15) is 6.54 Å². The number of carboxylic acid groups (broad SMARTS) is 1. The van der Waals surface area contributed by atoms with Gasteiger partial charge in [-0.3, -0.25) is 4.79 Å². The van der Waals surface area contributed by atoms with Crippen LogP contribution in [0.4, 0.5) is 11.4 Å². The number of unbranched alkanes of at least 4 members (excludes halogenated alkanes) is 3. The van der Waals surface area contributed by atoms with Gasteiger partial charge in [0.25, 0.3) is 0 Å². The summed E-state index contributed by atoms with van der Waals surface area (Å²) in [5.41, 5.74) is 6.80. The number of aliphatic carboxylic acids is 1. The predicted molar refractivity (Wildman–Crippen MR) is 172 cm³/mol. The molecule has 2 aliphatic rings. The highest BCUT2D eigenvalue weighted by atomic mass is 32.2. The average Bonchev–Trinajstić information content (AvgIpc) is 3.29. The van der Waals surface area contributed by atoms with Crippen molar-refractivity contribution in [1.29, 1.82) is 0 Å². The standard InChI is InChI=1S/C35H44N2O5S/c1-34(2)27-17-10-12-19-29(27)36(24-14-6-9-23-33(38)39)31(34)21-7-5-8-22-32-35(3,4)28-18-11-13-20-30(28)37(32)25-15-16-26-43(40,41)42/h5,7-8,10-13,17-22H,6,9,14-16,23-26H2,1-4H3,(H-,38,39,40,41,42). The van der Waals surface area contributed by atoms with E-state index < -0.39 is 16.1 Å². The lowest BCUT2D eigenvalue weighted by Crippen LogP contribution is -2.27. The summed E-state index contributed by atoms with van der Waals surface area (Å²) in [6.07, 6.45) is 14.1. The van der Waals surface area contributed by atoms with E-state index in [4.69, 9.17) is 5.11 Å². The van der Waals surface area contributed by atoms with Gasteiger partial charge in [-0.2, -0.15) is 4.58 Å². The average molecular weight is 605 g/mol. The van der Waals surface area contributed by atoms with Crippen LogP contribution >= 0.6 is 0 Å². The van der Waals surface area contributed by atoms with Crippen molar-refractivity contribution in [2.45, 2.75) is 77.0 Å². The minimum atomic E-state index is -4.21. The molecule has 0 radical (unpaired) electrons. The quantitative estimate of drug-likeness (QED) is 0.110. The maximum Gasteiger partial charge on any atom is 0.303 e. The normalized spacial score (nSPS) is 18.3. The van der Waals surface area contributed by atoms with Gasteiger partial charge in [-0.15, -0.1) is 0 Å². The second-order valence-electron chi connectivity index (χ2n) is 12.4. The van der Waals surface area contributed by atoms with E-state index in [1.165, 1.54) is 22.5 Å². The first-order valence-corrected chi connectivity index (χ1v) is 16.7. The third-order valence-corrected chi connectivity index (χ3v) is 9.42. The number of carbonyl (C=O) groups is 1. The zero-order valence-electron chi connectivity index (χ0n) is 25.8. The Bertz CT molecular complexity index is 1560. The molecule has 230 valence electrons. The second-order valence-corrected chi connectivity index (χ2v) is 14.0. The third kappa shape index (κ3) is 7.54. The molecule has 0 saturated carbocycles. The SMILES string of the molecule is CC1(C)C(/C=C/C=C/C=C2/N(CCCCS(=O)(=O)[O-])c3ccccc3C2(C)C)=[N+](CCCCCC(=O)O)c2ccccc21. The molecule has 7 nitrogen and oxygen atoms in total. The van der Waals surface area contributed by atoms with Gasteiger partial charge in [-0.05, 0) is 57.2 Å². The lowest BCUT2D eigenvalue weighted by atomic mass is 9.81. The molecule has 2 aromatic rings. The molecule has 0 spiro atoms. The van der Waals surface area contributed by atoms with E-state index in [2.05, 4.69) is 97.9 Å². The van der Waals surface area contributed by atoms with Gasteiger partial charge < -0.3 is 14.6 Å². The highest BCUT2D eigenvalue weighted by Gasteiger charge is 2.43. The molecule has 8 heteroatoms. The Kier molecular flexibility index (Phi) is 10.1. The van der Waals surface area contributed by atoms with E-state index in [0.29, 0.717) is 25.8 Å². The number of allylic oxidation sites excluding steroid dienone is 6. The smallest absolute Gasteiger partial charge is 0.303 e. The third-order valence-electron chi connectivity index (χ3n) is 8.63. The van der Waals surface area contributed by atoms with Crippen LogP contribution in [0.5, 0.6) is 0 Å². The molecule has 2 aliphatic heterocycles. The van der Waals surface area contributed by atoms with Gasteiger partial charge in [0.15, 0.2) is 5.71 Å². The van der Waals surface area contributed by atoms with E-state index >= 15 is 0 Å². The zero-order valence-corrected chi connectivity index (χ0v) is 26.6. The van der Waals surface area contributed by atoms with Crippen LogP contribution in [-0.2, 0) is 25.7 Å². The van der Waals surface area contributed by atoms with Gasteiger partial charge in [-0.1, -0.05) is 68.5 Å². The Morgan fingerprint density at radius 2 is 1.58 bits per heavy atom. The fourth-order valence-corrected chi connectivity index (χ4v) is 6.95. The predicted octanol–water partition coefficient (Wildman–Crippen LogP) is 6.83. The molecule has 2 heterocycles. The summed E-state index contributed by atoms with van der Waals surface area (Å²) < 4.78 is 35.7. The number of fused-ring (bicyclic) bond motifs is 2. The molecule has 0 saturated heterocycles. The van der Waals surface area contributed by atoms with Crippen LogP contribution in [0.3, 0.4) is 0 Å². The van der Waals surface area contributed by atoms with Crippen molar-refractivity contribution in [3.05, 3.63) is 95.7 Å². The summed E-state index contributed by atoms with van der Waals surface area (Å²) in [6.45, 7) is 10.4. The first kappa shape index (κ1) is 32.4. The van der Waals surface area contributed by atoms with Crippen molar-refractivity contribution in [3.8, 4) is 0 Å². The number of hydrogen-bond acceptors (Lipinski definition) is 5. The molecule has 2 aromatic carbocycles. The number of rotatable bonds is 14. The van der Waals surface area contributed by atoms with E-state index in [-0.39, 0.29) is 23.0 Å². The van der Waals surface area contributed by atoms with Crippen LogP contribution in [0.15, 0.2) is 84.6 Å². The summed E-state index contributed by atoms with van der Waals surface area (Å²) in [5, 5.41) is 8.97. The molecule has 43 heavy (non-hydrogen) atoms. The maximum absolute atomic E-state index is 11.1. The van der Waals surface area contributed by atoms with Crippen molar-refractivity contribution in [2.24, 2.45) is 0 Å². The van der Waals surface area contributed by atoms with Gasteiger partial charge in [0, 0.05) is 59.6 Å². The molecule has 0 unspecified atom stereocenters. The van der Waals surface area contributed by atoms with E-state index in [0.717, 1.165) is 30.8 Å². The Morgan fingerprint density at radius 3 is 2.30 bits per heavy atom. The fourth-order valence-electron chi connectivity index (χ4n) is 6.39. The van der Waals surface area contributed by atoms with Crippen LogP contribution in [0.2, 0.25) is 0 Å². The van der Waals surface area contributed by atoms with Crippen molar-refractivity contribution < 1.29 is 27.4 Å². The summed E-state index contributed by atoms with van der Waals surface area (Å²) in [4.78, 5) is 13.2. The molecule has 0 aliphatic carbocycles. The summed E-state index contributed by atoms with van der Waals surface area (Å²) in [5.74, 6) is -1.08. The Balaban J connectivity index is 1.54. The molecular formula is C35H44N2O5S. The monoisotopic (exact) mass is 604 g/mol. The lowest BCUT2D eigenvalue weighted by molar-refractivity contribution is -0.438. The summed E-state index contributed by atoms with van der Waals surface area (Å²) in [6, 6.07) is 16.8. The van der Waals surface area contributed by atoms with Gasteiger partial charge in [0.2, 0.25) is 5.69 Å². The molecule has 0 bridgehead atoms. The highest BCUT2D eigenvalue weighted by molar-refractivity contribution is 7.85. The molecule has 0 aromatic heterocycles. The van der Waals surface area contributed by atoms with Gasteiger partial charge >= 0.3 is 5.97 Å². The number of benzene rings is 2. The van der Waals surface area contributed by atoms with E-state index in [9.17, 15) is 17.8 Å². The van der Waals surface area contributed by atoms with Crippen LogP contribution in [0, 0.1) is 0 Å². The first-order valence-electron chi connectivity index (χ1n) is 15.2. The Labute approximate surface area is 256 Å². The minimum Gasteiger partial charge on any atom is -0.748 e. The van der Waals surface area contributed by atoms with Gasteiger partial charge in [-0.25, -0.2) is 8.42 Å². The van der Waals surface area contributed by atoms with Gasteiger partial charge in [0.05, 0.1) is 15.5 Å². The number of hydrogen-bond donors (Lipinski definition) is 1. The lowest BCUT2D eigenvalue weighted by Gasteiger charge is -2.27. The number of anilines is 1. The summed E-state index contributed by atoms with van der Waals surface area (Å²) in [7, 11) is -4.21. The number of carboxylic acids is 1. The van der Waals surface area contributed by atoms with Crippen molar-refractivity contribution in [2.75, 3.05) is 23.7 Å². The minimum absolute atomic E-state index is 0.163. The molecule has 0 fully saturated rings. The van der Waals surface area contributed by atoms with E-state index in [1.54, 1.807) is 0 Å². The fraction of sp³-hybridized carbons (Fsp3) is 0.429. The van der Waals surface area contributed by atoms with Crippen LogP contribution < -0.4 is 4.90 Å². The topological polar surface area (TPSA) is 101 Å². The van der Waals surface area contributed by atoms with Crippen molar-refractivity contribution >= 4 is 33.2 Å². The Morgan fingerprint density at radius 1 is 0.884 bits per heavy atom. The largest absolute Gasteiger partial charge is 0.748 e. The number of para-hydroxylation sites is 2. The zero-order chi connectivity index (χ0) is 31.3. The molecule has 4 rings (SSSR count). The van der Waals surface area contributed by atoms with Crippen LogP contribution in [0.1, 0.15) is 77.3 Å². The molecule has 0 amide bonds.